The third kappa shape index (κ3) is 4.06. The molecule has 1 aromatic heterocycles. The van der Waals surface area contributed by atoms with E-state index in [0.29, 0.717) is 47.4 Å². The zero-order chi connectivity index (χ0) is 18.5. The van der Waals surface area contributed by atoms with Crippen molar-refractivity contribution in [1.82, 2.24) is 15.2 Å². The van der Waals surface area contributed by atoms with Crippen LogP contribution in [0.25, 0.3) is 10.9 Å². The highest BCUT2D eigenvalue weighted by atomic mass is 32.1. The Kier molecular flexibility index (Phi) is 5.92. The number of aliphatic hydroxyl groups is 1. The van der Waals surface area contributed by atoms with Crippen molar-refractivity contribution >= 4 is 28.2 Å². The molecule has 1 aliphatic heterocycles. The lowest BCUT2D eigenvalue weighted by Gasteiger charge is -2.25. The molecule has 0 saturated carbocycles. The molecule has 26 heavy (non-hydrogen) atoms. The molecule has 2 heterocycles. The molecule has 0 unspecified atom stereocenters. The fourth-order valence-electron chi connectivity index (χ4n) is 2.71. The van der Waals surface area contributed by atoms with Crippen molar-refractivity contribution in [3.8, 4) is 11.5 Å². The van der Waals surface area contributed by atoms with E-state index >= 15 is 0 Å². The van der Waals surface area contributed by atoms with Crippen molar-refractivity contribution in [2.75, 3.05) is 40.2 Å². The Labute approximate surface area is 155 Å². The zero-order valence-electron chi connectivity index (χ0n) is 14.4. The molecule has 0 bridgehead atoms. The van der Waals surface area contributed by atoms with Gasteiger partial charge in [0.05, 0.1) is 25.3 Å². The number of benzene rings is 1. The van der Waals surface area contributed by atoms with Gasteiger partial charge < -0.3 is 34.5 Å². The predicted molar refractivity (Wildman–Crippen MR) is 101 cm³/mol. The van der Waals surface area contributed by atoms with Gasteiger partial charge in [0, 0.05) is 37.2 Å². The van der Waals surface area contributed by atoms with E-state index in [1.165, 1.54) is 0 Å². The van der Waals surface area contributed by atoms with Crippen LogP contribution in [0.15, 0.2) is 23.0 Å². The summed E-state index contributed by atoms with van der Waals surface area (Å²) in [4.78, 5) is 17.1. The third-order valence-corrected chi connectivity index (χ3v) is 4.42. The number of aromatic nitrogens is 1. The number of hydrogen-bond acceptors (Lipinski definition) is 6. The second-order valence-electron chi connectivity index (χ2n) is 5.79. The molecule has 2 aromatic rings. The average Bonchev–Trinajstić information content (AvgIpc) is 3.07. The first-order valence-electron chi connectivity index (χ1n) is 8.20. The lowest BCUT2D eigenvalue weighted by atomic mass is 10.1. The smallest absolute Gasteiger partial charge is 0.253 e. The van der Waals surface area contributed by atoms with Crippen molar-refractivity contribution < 1.29 is 19.3 Å². The number of thiocarbonyl (C=S) groups is 1. The van der Waals surface area contributed by atoms with E-state index < -0.39 is 0 Å². The van der Waals surface area contributed by atoms with E-state index in [-0.39, 0.29) is 25.5 Å². The van der Waals surface area contributed by atoms with Crippen LogP contribution in [0.4, 0.5) is 0 Å². The molecule has 1 aromatic carbocycles. The monoisotopic (exact) mass is 379 g/mol. The Morgan fingerprint density at radius 1 is 1.38 bits per heavy atom. The van der Waals surface area contributed by atoms with Crippen LogP contribution < -0.4 is 20.3 Å². The zero-order valence-corrected chi connectivity index (χ0v) is 15.2. The fourth-order valence-corrected chi connectivity index (χ4v) is 2.97. The summed E-state index contributed by atoms with van der Waals surface area (Å²) in [6.45, 7) is 1.76. The van der Waals surface area contributed by atoms with Crippen molar-refractivity contribution in [3.05, 3.63) is 34.1 Å². The molecule has 3 rings (SSSR count). The van der Waals surface area contributed by atoms with E-state index in [9.17, 15) is 9.90 Å². The van der Waals surface area contributed by atoms with Crippen LogP contribution in [0, 0.1) is 0 Å². The van der Waals surface area contributed by atoms with Gasteiger partial charge in [-0.25, -0.2) is 0 Å². The van der Waals surface area contributed by atoms with Gasteiger partial charge in [-0.15, -0.1) is 0 Å². The van der Waals surface area contributed by atoms with Crippen LogP contribution in [0.5, 0.6) is 11.5 Å². The van der Waals surface area contributed by atoms with Gasteiger partial charge in [-0.1, -0.05) is 0 Å². The van der Waals surface area contributed by atoms with Crippen LogP contribution in [-0.2, 0) is 11.3 Å². The van der Waals surface area contributed by atoms with Gasteiger partial charge in [-0.3, -0.25) is 4.79 Å². The molecule has 9 heteroatoms. The number of fused-ring (bicyclic) bond motifs is 2. The molecule has 0 aliphatic carbocycles. The van der Waals surface area contributed by atoms with Gasteiger partial charge in [0.2, 0.25) is 6.79 Å². The van der Waals surface area contributed by atoms with Gasteiger partial charge in [-0.2, -0.15) is 0 Å². The van der Waals surface area contributed by atoms with Crippen LogP contribution in [0.1, 0.15) is 5.56 Å². The first-order valence-corrected chi connectivity index (χ1v) is 8.61. The SMILES string of the molecule is COCCNC(=S)N(CCO)Cc1cc2cc3c(cc2[nH]c1=O)OCO3. The summed E-state index contributed by atoms with van der Waals surface area (Å²) < 4.78 is 15.7. The summed E-state index contributed by atoms with van der Waals surface area (Å²) in [5.41, 5.74) is 1.01. The Bertz CT molecular complexity index is 854. The Balaban J connectivity index is 1.83. The Hall–Kier alpha value is -2.36. The minimum atomic E-state index is -0.209. The van der Waals surface area contributed by atoms with Gasteiger partial charge in [-0.05, 0) is 24.4 Å². The second kappa shape index (κ2) is 8.35. The van der Waals surface area contributed by atoms with Crippen molar-refractivity contribution in [2.24, 2.45) is 0 Å². The van der Waals surface area contributed by atoms with Crippen molar-refractivity contribution in [2.45, 2.75) is 6.54 Å². The predicted octanol–water partition coefficient (Wildman–Crippen LogP) is 0.572. The van der Waals surface area contributed by atoms with E-state index in [4.69, 9.17) is 26.4 Å². The molecule has 140 valence electrons. The number of rotatable bonds is 7. The number of H-pyrrole nitrogens is 1. The minimum absolute atomic E-state index is 0.0731. The summed E-state index contributed by atoms with van der Waals surface area (Å²) in [5.74, 6) is 1.27. The van der Waals surface area contributed by atoms with Crippen molar-refractivity contribution in [1.29, 1.82) is 0 Å². The minimum Gasteiger partial charge on any atom is -0.454 e. The van der Waals surface area contributed by atoms with Gasteiger partial charge in [0.25, 0.3) is 5.56 Å². The third-order valence-electron chi connectivity index (χ3n) is 4.02. The molecule has 1 aliphatic rings. The van der Waals surface area contributed by atoms with Gasteiger partial charge in [0.15, 0.2) is 16.6 Å². The number of nitrogens with zero attached hydrogens (tertiary/aromatic N) is 1. The molecule has 0 spiro atoms. The van der Waals surface area contributed by atoms with Crippen LogP contribution in [-0.4, -0.2) is 60.3 Å². The first kappa shape index (κ1) is 18.4. The van der Waals surface area contributed by atoms with E-state index in [0.717, 1.165) is 5.39 Å². The summed E-state index contributed by atoms with van der Waals surface area (Å²) in [6, 6.07) is 5.40. The average molecular weight is 379 g/mol. The lowest BCUT2D eigenvalue weighted by Crippen LogP contribution is -2.42. The number of aliphatic hydroxyl groups excluding tert-OH is 1. The van der Waals surface area contributed by atoms with E-state index in [1.54, 1.807) is 24.1 Å². The van der Waals surface area contributed by atoms with Crippen molar-refractivity contribution in [3.63, 3.8) is 0 Å². The number of methoxy groups -OCH3 is 1. The summed E-state index contributed by atoms with van der Waals surface area (Å²) in [6.07, 6.45) is 0. The molecule has 3 N–H and O–H groups in total. The molecule has 0 atom stereocenters. The maximum absolute atomic E-state index is 12.5. The molecule has 0 fully saturated rings. The number of aromatic amines is 1. The highest BCUT2D eigenvalue weighted by Crippen LogP contribution is 2.35. The fraction of sp³-hybridized carbons (Fsp3) is 0.412. The van der Waals surface area contributed by atoms with E-state index in [2.05, 4.69) is 10.3 Å². The molecule has 8 nitrogen and oxygen atoms in total. The Morgan fingerprint density at radius 2 is 2.15 bits per heavy atom. The molecule has 0 saturated heterocycles. The molecular formula is C17H21N3O5S. The molecule has 0 radical (unpaired) electrons. The number of pyridine rings is 1. The van der Waals surface area contributed by atoms with Crippen LogP contribution in [0.2, 0.25) is 0 Å². The van der Waals surface area contributed by atoms with Gasteiger partial charge >= 0.3 is 0 Å². The highest BCUT2D eigenvalue weighted by molar-refractivity contribution is 7.80. The normalized spacial score (nSPS) is 12.4. The molecule has 0 amide bonds. The van der Waals surface area contributed by atoms with Crippen LogP contribution in [0.3, 0.4) is 0 Å². The van der Waals surface area contributed by atoms with Gasteiger partial charge in [0.1, 0.15) is 0 Å². The van der Waals surface area contributed by atoms with E-state index in [1.807, 2.05) is 6.07 Å². The number of nitrogens with one attached hydrogen (secondary N) is 2. The standard InChI is InChI=1S/C17H21N3O5S/c1-23-5-2-18-17(26)20(3-4-21)9-12-6-11-7-14-15(25-10-24-14)8-13(11)19-16(12)22/h6-8,21H,2-5,9-10H2,1H3,(H,18,26)(H,19,22). The number of hydrogen-bond donors (Lipinski definition) is 3. The Morgan fingerprint density at radius 3 is 2.88 bits per heavy atom. The second-order valence-corrected chi connectivity index (χ2v) is 6.17. The summed E-state index contributed by atoms with van der Waals surface area (Å²) >= 11 is 5.36. The first-order chi connectivity index (χ1) is 12.6. The maximum atomic E-state index is 12.5. The topological polar surface area (TPSA) is 96.1 Å². The summed E-state index contributed by atoms with van der Waals surface area (Å²) in [5, 5.41) is 13.7. The largest absolute Gasteiger partial charge is 0.454 e. The maximum Gasteiger partial charge on any atom is 0.253 e. The highest BCUT2D eigenvalue weighted by Gasteiger charge is 2.17. The quantitative estimate of drug-likeness (QED) is 0.475. The number of ether oxygens (including phenoxy) is 3. The lowest BCUT2D eigenvalue weighted by molar-refractivity contribution is 0.174. The summed E-state index contributed by atoms with van der Waals surface area (Å²) in [7, 11) is 1.61. The van der Waals surface area contributed by atoms with Crippen LogP contribution >= 0.6 is 12.2 Å². The molecular weight excluding hydrogens is 358 g/mol.